The Morgan fingerprint density at radius 2 is 1.58 bits per heavy atom. The molecule has 0 aliphatic rings. The number of methoxy groups -OCH3 is 1. The number of aryl methyl sites for hydroxylation is 1. The molecule has 0 atom stereocenters. The number of aromatic nitrogens is 3. The van der Waals surface area contributed by atoms with Gasteiger partial charge >= 0.3 is 6.01 Å². The molecule has 1 amide bonds. The Morgan fingerprint density at radius 1 is 0.895 bits per heavy atom. The summed E-state index contributed by atoms with van der Waals surface area (Å²) in [6.45, 7) is 2.17. The molecular weight excluding hydrogens is 483 g/mol. The lowest BCUT2D eigenvalue weighted by Gasteiger charge is -2.09. The first-order valence-corrected chi connectivity index (χ1v) is 12.0. The maximum atomic E-state index is 13.2. The van der Waals surface area contributed by atoms with Crippen LogP contribution >= 0.6 is 0 Å². The van der Waals surface area contributed by atoms with Crippen LogP contribution in [0.3, 0.4) is 0 Å². The fourth-order valence-corrected chi connectivity index (χ4v) is 3.78. The predicted octanol–water partition coefficient (Wildman–Crippen LogP) is 6.22. The molecule has 0 saturated carbocycles. The predicted molar refractivity (Wildman–Crippen MR) is 143 cm³/mol. The highest BCUT2D eigenvalue weighted by molar-refractivity contribution is 6.04. The fraction of sp³-hybridized carbons (Fsp3) is 0.100. The van der Waals surface area contributed by atoms with Gasteiger partial charge in [-0.2, -0.15) is 4.98 Å². The molecule has 0 bridgehead atoms. The minimum Gasteiger partial charge on any atom is -0.497 e. The van der Waals surface area contributed by atoms with Crippen molar-refractivity contribution < 1.29 is 18.7 Å². The first-order chi connectivity index (χ1) is 18.5. The molecule has 5 aromatic rings. The van der Waals surface area contributed by atoms with E-state index in [1.807, 2.05) is 55.5 Å². The monoisotopic (exact) mass is 508 g/mol. The summed E-state index contributed by atoms with van der Waals surface area (Å²) in [4.78, 5) is 17.2. The van der Waals surface area contributed by atoms with E-state index in [0.29, 0.717) is 17.1 Å². The van der Waals surface area contributed by atoms with Crippen LogP contribution in [0, 0.1) is 12.7 Å². The normalized spacial score (nSPS) is 10.7. The highest BCUT2D eigenvalue weighted by Crippen LogP contribution is 2.26. The SMILES string of the molecule is COc1ccc(-c2nc(OCc3ccc(F)cc3)nn2-c2ccc(NC(=O)c3ccc(C)cc3)cc2)cc1. The Balaban J connectivity index is 1.40. The van der Waals surface area contributed by atoms with Gasteiger partial charge in [0.15, 0.2) is 5.82 Å². The van der Waals surface area contributed by atoms with Crippen molar-refractivity contribution in [2.75, 3.05) is 12.4 Å². The molecule has 0 spiro atoms. The van der Waals surface area contributed by atoms with Crippen LogP contribution in [0.5, 0.6) is 11.8 Å². The van der Waals surface area contributed by atoms with E-state index in [2.05, 4.69) is 15.4 Å². The second-order valence-corrected chi connectivity index (χ2v) is 8.64. The maximum absolute atomic E-state index is 13.2. The molecule has 1 heterocycles. The van der Waals surface area contributed by atoms with Crippen LogP contribution in [0.25, 0.3) is 17.1 Å². The van der Waals surface area contributed by atoms with Crippen LogP contribution in [0.4, 0.5) is 10.1 Å². The van der Waals surface area contributed by atoms with Crippen molar-refractivity contribution in [1.29, 1.82) is 0 Å². The van der Waals surface area contributed by atoms with E-state index in [9.17, 15) is 9.18 Å². The summed E-state index contributed by atoms with van der Waals surface area (Å²) >= 11 is 0. The number of halogens is 1. The number of ether oxygens (including phenoxy) is 2. The lowest BCUT2D eigenvalue weighted by atomic mass is 10.1. The van der Waals surface area contributed by atoms with E-state index < -0.39 is 0 Å². The zero-order valence-electron chi connectivity index (χ0n) is 20.9. The van der Waals surface area contributed by atoms with E-state index in [1.165, 1.54) is 12.1 Å². The highest BCUT2D eigenvalue weighted by atomic mass is 19.1. The molecule has 0 saturated heterocycles. The summed E-state index contributed by atoms with van der Waals surface area (Å²) < 4.78 is 26.0. The van der Waals surface area contributed by atoms with Gasteiger partial charge in [-0.3, -0.25) is 4.79 Å². The maximum Gasteiger partial charge on any atom is 0.336 e. The smallest absolute Gasteiger partial charge is 0.336 e. The molecule has 0 aliphatic carbocycles. The molecule has 190 valence electrons. The summed E-state index contributed by atoms with van der Waals surface area (Å²) in [5.74, 6) is 0.796. The standard InChI is InChI=1S/C30H25FN4O3/c1-20-3-7-23(8-4-20)29(36)32-25-13-15-26(16-14-25)35-28(22-9-17-27(37-2)18-10-22)33-30(34-35)38-19-21-5-11-24(31)12-6-21/h3-18H,19H2,1-2H3,(H,32,36). The van der Waals surface area contributed by atoms with Crippen molar-refractivity contribution in [3.05, 3.63) is 120 Å². The minimum atomic E-state index is -0.309. The van der Waals surface area contributed by atoms with Crippen LogP contribution in [0.1, 0.15) is 21.5 Å². The summed E-state index contributed by atoms with van der Waals surface area (Å²) in [5.41, 5.74) is 4.66. The molecule has 1 aromatic heterocycles. The molecule has 0 radical (unpaired) electrons. The Hall–Kier alpha value is -4.98. The number of carbonyl (C=O) groups excluding carboxylic acids is 1. The molecule has 7 nitrogen and oxygen atoms in total. The van der Waals surface area contributed by atoms with Gasteiger partial charge in [0.25, 0.3) is 5.91 Å². The first-order valence-electron chi connectivity index (χ1n) is 12.0. The van der Waals surface area contributed by atoms with Gasteiger partial charge in [-0.1, -0.05) is 29.8 Å². The summed E-state index contributed by atoms with van der Waals surface area (Å²) in [6.07, 6.45) is 0. The van der Waals surface area contributed by atoms with Crippen molar-refractivity contribution in [3.63, 3.8) is 0 Å². The van der Waals surface area contributed by atoms with E-state index in [4.69, 9.17) is 9.47 Å². The van der Waals surface area contributed by atoms with Crippen molar-refractivity contribution >= 4 is 11.6 Å². The number of rotatable bonds is 8. The van der Waals surface area contributed by atoms with Crippen LogP contribution < -0.4 is 14.8 Å². The Morgan fingerprint density at radius 3 is 2.24 bits per heavy atom. The van der Waals surface area contributed by atoms with Gasteiger partial charge in [-0.15, -0.1) is 5.10 Å². The molecular formula is C30H25FN4O3. The first kappa shape index (κ1) is 24.7. The van der Waals surface area contributed by atoms with E-state index in [-0.39, 0.29) is 24.3 Å². The second kappa shape index (κ2) is 11.0. The minimum absolute atomic E-state index is 0.178. The topological polar surface area (TPSA) is 78.3 Å². The quantitative estimate of drug-likeness (QED) is 0.269. The number of benzene rings is 4. The van der Waals surface area contributed by atoms with Gasteiger partial charge in [-0.25, -0.2) is 9.07 Å². The Kier molecular flexibility index (Phi) is 7.13. The van der Waals surface area contributed by atoms with Crippen LogP contribution in [0.15, 0.2) is 97.1 Å². The summed E-state index contributed by atoms with van der Waals surface area (Å²) in [6, 6.07) is 28.4. The van der Waals surface area contributed by atoms with Gasteiger partial charge in [-0.05, 0) is 85.3 Å². The zero-order chi connectivity index (χ0) is 26.5. The van der Waals surface area contributed by atoms with Crippen LogP contribution in [-0.2, 0) is 6.61 Å². The number of anilines is 1. The molecule has 38 heavy (non-hydrogen) atoms. The van der Waals surface area contributed by atoms with Gasteiger partial charge < -0.3 is 14.8 Å². The van der Waals surface area contributed by atoms with Crippen LogP contribution in [0.2, 0.25) is 0 Å². The summed E-state index contributed by atoms with van der Waals surface area (Å²) in [7, 11) is 1.61. The number of hydrogen-bond donors (Lipinski definition) is 1. The number of nitrogens with zero attached hydrogens (tertiary/aromatic N) is 3. The average molecular weight is 509 g/mol. The number of nitrogens with one attached hydrogen (secondary N) is 1. The third-order valence-electron chi connectivity index (χ3n) is 5.90. The third-order valence-corrected chi connectivity index (χ3v) is 5.90. The number of hydrogen-bond acceptors (Lipinski definition) is 5. The molecule has 4 aromatic carbocycles. The zero-order valence-corrected chi connectivity index (χ0v) is 20.9. The van der Waals surface area contributed by atoms with Gasteiger partial charge in [0.2, 0.25) is 0 Å². The van der Waals surface area contributed by atoms with Crippen molar-refractivity contribution in [1.82, 2.24) is 14.8 Å². The van der Waals surface area contributed by atoms with Crippen molar-refractivity contribution in [2.24, 2.45) is 0 Å². The second-order valence-electron chi connectivity index (χ2n) is 8.64. The molecule has 1 N–H and O–H groups in total. The average Bonchev–Trinajstić information content (AvgIpc) is 3.38. The van der Waals surface area contributed by atoms with Gasteiger partial charge in [0.05, 0.1) is 12.8 Å². The highest BCUT2D eigenvalue weighted by Gasteiger charge is 2.16. The number of amides is 1. The molecule has 0 fully saturated rings. The van der Waals surface area contributed by atoms with Crippen molar-refractivity contribution in [2.45, 2.75) is 13.5 Å². The van der Waals surface area contributed by atoms with E-state index >= 15 is 0 Å². The van der Waals surface area contributed by atoms with Crippen LogP contribution in [-0.4, -0.2) is 27.8 Å². The van der Waals surface area contributed by atoms with Crippen molar-refractivity contribution in [3.8, 4) is 28.8 Å². The largest absolute Gasteiger partial charge is 0.497 e. The Bertz CT molecular complexity index is 1530. The third kappa shape index (κ3) is 5.70. The lowest BCUT2D eigenvalue weighted by molar-refractivity contribution is 0.102. The van der Waals surface area contributed by atoms with Gasteiger partial charge in [0.1, 0.15) is 18.2 Å². The van der Waals surface area contributed by atoms with E-state index in [1.54, 1.807) is 48.2 Å². The Labute approximate surface area is 219 Å². The lowest BCUT2D eigenvalue weighted by Crippen LogP contribution is -2.11. The summed E-state index contributed by atoms with van der Waals surface area (Å²) in [5, 5.41) is 7.48. The molecule has 0 aliphatic heterocycles. The van der Waals surface area contributed by atoms with E-state index in [0.717, 1.165) is 28.1 Å². The molecule has 0 unspecified atom stereocenters. The van der Waals surface area contributed by atoms with Gasteiger partial charge in [0, 0.05) is 16.8 Å². The fourth-order valence-electron chi connectivity index (χ4n) is 3.78. The number of carbonyl (C=O) groups is 1. The molecule has 8 heteroatoms. The molecule has 5 rings (SSSR count).